The molecule has 2 unspecified atom stereocenters. The van der Waals surface area contributed by atoms with Crippen LogP contribution in [0.3, 0.4) is 0 Å². The van der Waals surface area contributed by atoms with E-state index >= 15 is 0 Å². The fraction of sp³-hybridized carbons (Fsp3) is 0.455. The van der Waals surface area contributed by atoms with Crippen molar-refractivity contribution in [3.8, 4) is 0 Å². The van der Waals surface area contributed by atoms with Crippen molar-refractivity contribution in [1.29, 1.82) is 0 Å². The number of nitrogens with zero attached hydrogens (tertiary/aromatic N) is 1. The second-order valence-corrected chi connectivity index (χ2v) is 6.00. The molecular weight excluding hydrogens is 306 g/mol. The number of amides is 1. The van der Waals surface area contributed by atoms with E-state index in [1.165, 1.54) is 11.3 Å². The summed E-state index contributed by atoms with van der Waals surface area (Å²) in [6.45, 7) is 2.69. The fourth-order valence-electron chi connectivity index (χ4n) is 2.04. The van der Waals surface area contributed by atoms with Crippen LogP contribution in [0.4, 0.5) is 0 Å². The number of likely N-dealkylation sites (tertiary alicyclic amines) is 1. The van der Waals surface area contributed by atoms with E-state index in [1.807, 2.05) is 18.4 Å². The van der Waals surface area contributed by atoms with Crippen molar-refractivity contribution in [2.24, 2.45) is 11.8 Å². The summed E-state index contributed by atoms with van der Waals surface area (Å²) in [5.74, 6) is -1.34. The Morgan fingerprint density at radius 2 is 2.24 bits per heavy atom. The average Bonchev–Trinajstić information content (AvgIpc) is 2.83. The largest absolute Gasteiger partial charge is 0.481 e. The molecule has 0 spiro atoms. The van der Waals surface area contributed by atoms with Crippen LogP contribution in [0.5, 0.6) is 0 Å². The lowest BCUT2D eigenvalue weighted by atomic mass is 9.99. The molecule has 1 aromatic heterocycles. The summed E-state index contributed by atoms with van der Waals surface area (Å²) >= 11 is 4.69. The number of rotatable bonds is 2. The second kappa shape index (κ2) is 4.78. The summed E-state index contributed by atoms with van der Waals surface area (Å²) < 4.78 is 0.777. The molecule has 17 heavy (non-hydrogen) atoms. The van der Waals surface area contributed by atoms with E-state index in [0.717, 1.165) is 4.47 Å². The van der Waals surface area contributed by atoms with Gasteiger partial charge in [-0.25, -0.2) is 0 Å². The summed E-state index contributed by atoms with van der Waals surface area (Å²) in [6.07, 6.45) is 0. The van der Waals surface area contributed by atoms with Crippen LogP contribution in [0, 0.1) is 11.8 Å². The van der Waals surface area contributed by atoms with Gasteiger partial charge in [0.15, 0.2) is 0 Å². The van der Waals surface area contributed by atoms with Crippen LogP contribution in [0.15, 0.2) is 15.9 Å². The number of carbonyl (C=O) groups is 2. The van der Waals surface area contributed by atoms with E-state index in [-0.39, 0.29) is 11.8 Å². The molecule has 1 aromatic rings. The van der Waals surface area contributed by atoms with Gasteiger partial charge in [-0.2, -0.15) is 0 Å². The van der Waals surface area contributed by atoms with Gasteiger partial charge in [0, 0.05) is 17.6 Å². The Bertz CT molecular complexity index is 459. The van der Waals surface area contributed by atoms with Gasteiger partial charge in [0.1, 0.15) is 4.88 Å². The predicted octanol–water partition coefficient (Wildman–Crippen LogP) is 2.30. The minimum atomic E-state index is -0.821. The molecule has 1 aliphatic rings. The van der Waals surface area contributed by atoms with Gasteiger partial charge in [0.2, 0.25) is 0 Å². The predicted molar refractivity (Wildman–Crippen MR) is 68.2 cm³/mol. The van der Waals surface area contributed by atoms with E-state index < -0.39 is 11.9 Å². The first kappa shape index (κ1) is 12.6. The molecule has 6 heteroatoms. The normalized spacial score (nSPS) is 24.0. The quantitative estimate of drug-likeness (QED) is 0.910. The molecule has 2 rings (SSSR count). The van der Waals surface area contributed by atoms with Crippen molar-refractivity contribution in [1.82, 2.24) is 4.90 Å². The maximum absolute atomic E-state index is 12.2. The first-order valence-corrected chi connectivity index (χ1v) is 6.93. The SMILES string of the molecule is CC1CN(C(=O)c2sccc2Br)CC1C(=O)O. The van der Waals surface area contributed by atoms with Gasteiger partial charge in [0.05, 0.1) is 5.92 Å². The zero-order valence-electron chi connectivity index (χ0n) is 9.22. The Morgan fingerprint density at radius 1 is 1.53 bits per heavy atom. The first-order chi connectivity index (χ1) is 8.00. The summed E-state index contributed by atoms with van der Waals surface area (Å²) in [5.41, 5.74) is 0. The zero-order chi connectivity index (χ0) is 12.6. The summed E-state index contributed by atoms with van der Waals surface area (Å²) in [4.78, 5) is 25.4. The smallest absolute Gasteiger partial charge is 0.308 e. The van der Waals surface area contributed by atoms with E-state index in [9.17, 15) is 9.59 Å². The molecule has 1 saturated heterocycles. The lowest BCUT2D eigenvalue weighted by molar-refractivity contribution is -0.142. The number of thiophene rings is 1. The molecule has 2 atom stereocenters. The van der Waals surface area contributed by atoms with E-state index in [2.05, 4.69) is 15.9 Å². The lowest BCUT2D eigenvalue weighted by Gasteiger charge is -2.14. The Morgan fingerprint density at radius 3 is 2.71 bits per heavy atom. The average molecular weight is 318 g/mol. The molecule has 1 amide bonds. The number of carboxylic acid groups (broad SMARTS) is 1. The lowest BCUT2D eigenvalue weighted by Crippen LogP contribution is -2.29. The van der Waals surface area contributed by atoms with Gasteiger partial charge in [-0.15, -0.1) is 11.3 Å². The highest BCUT2D eigenvalue weighted by Gasteiger charge is 2.37. The van der Waals surface area contributed by atoms with Crippen molar-refractivity contribution >= 4 is 39.1 Å². The topological polar surface area (TPSA) is 57.6 Å². The number of halogens is 1. The highest BCUT2D eigenvalue weighted by molar-refractivity contribution is 9.10. The van der Waals surface area contributed by atoms with E-state index in [4.69, 9.17) is 5.11 Å². The van der Waals surface area contributed by atoms with Crippen molar-refractivity contribution in [3.63, 3.8) is 0 Å². The van der Waals surface area contributed by atoms with Gasteiger partial charge in [-0.05, 0) is 33.3 Å². The third-order valence-corrected chi connectivity index (χ3v) is 4.85. The Balaban J connectivity index is 2.13. The molecule has 1 fully saturated rings. The molecule has 0 bridgehead atoms. The van der Waals surface area contributed by atoms with Crippen LogP contribution in [0.1, 0.15) is 16.6 Å². The molecular formula is C11H12BrNO3S. The van der Waals surface area contributed by atoms with Crippen LogP contribution in [0.25, 0.3) is 0 Å². The Kier molecular flexibility index (Phi) is 3.53. The van der Waals surface area contributed by atoms with Crippen molar-refractivity contribution in [2.75, 3.05) is 13.1 Å². The van der Waals surface area contributed by atoms with E-state index in [1.54, 1.807) is 4.90 Å². The van der Waals surface area contributed by atoms with Gasteiger partial charge < -0.3 is 10.0 Å². The fourth-order valence-corrected chi connectivity index (χ4v) is 3.55. The van der Waals surface area contributed by atoms with Crippen molar-refractivity contribution < 1.29 is 14.7 Å². The van der Waals surface area contributed by atoms with Crippen LogP contribution in [0.2, 0.25) is 0 Å². The molecule has 0 saturated carbocycles. The van der Waals surface area contributed by atoms with E-state index in [0.29, 0.717) is 18.0 Å². The highest BCUT2D eigenvalue weighted by atomic mass is 79.9. The second-order valence-electron chi connectivity index (χ2n) is 4.23. The molecule has 4 nitrogen and oxygen atoms in total. The summed E-state index contributed by atoms with van der Waals surface area (Å²) in [7, 11) is 0. The Labute approximate surface area is 111 Å². The molecule has 0 aliphatic carbocycles. The van der Waals surface area contributed by atoms with Gasteiger partial charge in [-0.3, -0.25) is 9.59 Å². The molecule has 0 radical (unpaired) electrons. The molecule has 1 aliphatic heterocycles. The molecule has 2 heterocycles. The number of hydrogen-bond acceptors (Lipinski definition) is 3. The maximum Gasteiger partial charge on any atom is 0.308 e. The van der Waals surface area contributed by atoms with Gasteiger partial charge >= 0.3 is 5.97 Å². The number of carbonyl (C=O) groups excluding carboxylic acids is 1. The zero-order valence-corrected chi connectivity index (χ0v) is 11.6. The minimum Gasteiger partial charge on any atom is -0.481 e. The number of carboxylic acids is 1. The molecule has 1 N–H and O–H groups in total. The Hall–Kier alpha value is -0.880. The van der Waals surface area contributed by atoms with Crippen LogP contribution < -0.4 is 0 Å². The van der Waals surface area contributed by atoms with Gasteiger partial charge in [0.25, 0.3) is 5.91 Å². The maximum atomic E-state index is 12.2. The van der Waals surface area contributed by atoms with Crippen molar-refractivity contribution in [3.05, 3.63) is 20.8 Å². The van der Waals surface area contributed by atoms with Gasteiger partial charge in [-0.1, -0.05) is 6.92 Å². The van der Waals surface area contributed by atoms with Crippen molar-refractivity contribution in [2.45, 2.75) is 6.92 Å². The van der Waals surface area contributed by atoms with Crippen LogP contribution >= 0.6 is 27.3 Å². The molecule has 92 valence electrons. The number of aliphatic carboxylic acids is 1. The highest BCUT2D eigenvalue weighted by Crippen LogP contribution is 2.29. The number of hydrogen-bond donors (Lipinski definition) is 1. The van der Waals surface area contributed by atoms with Crippen LogP contribution in [-0.4, -0.2) is 35.0 Å². The third kappa shape index (κ3) is 2.37. The summed E-state index contributed by atoms with van der Waals surface area (Å²) in [6, 6.07) is 1.83. The molecule has 0 aromatic carbocycles. The summed E-state index contributed by atoms with van der Waals surface area (Å²) in [5, 5.41) is 10.9. The van der Waals surface area contributed by atoms with Crippen LogP contribution in [-0.2, 0) is 4.79 Å². The minimum absolute atomic E-state index is 0.00943. The first-order valence-electron chi connectivity index (χ1n) is 5.25. The standard InChI is InChI=1S/C11H12BrNO3S/c1-6-4-13(5-7(6)11(15)16)10(14)9-8(12)2-3-17-9/h2-3,6-7H,4-5H2,1H3,(H,15,16). The third-order valence-electron chi connectivity index (χ3n) is 3.03. The monoisotopic (exact) mass is 317 g/mol.